The Labute approximate surface area is 144 Å². The van der Waals surface area contributed by atoms with Crippen molar-refractivity contribution in [3.63, 3.8) is 0 Å². The number of carbonyl (C=O) groups is 2. The first-order valence-electron chi connectivity index (χ1n) is 7.50. The third kappa shape index (κ3) is 2.69. The zero-order valence-electron chi connectivity index (χ0n) is 13.3. The number of benzene rings is 2. The third-order valence-electron chi connectivity index (χ3n) is 4.18. The summed E-state index contributed by atoms with van der Waals surface area (Å²) in [5.41, 5.74) is 3.21. The van der Waals surface area contributed by atoms with E-state index in [0.29, 0.717) is 17.3 Å². The Morgan fingerprint density at radius 3 is 2.50 bits per heavy atom. The predicted octanol–water partition coefficient (Wildman–Crippen LogP) is 4.55. The first-order valence-corrected chi connectivity index (χ1v) is 7.88. The predicted molar refractivity (Wildman–Crippen MR) is 94.2 cm³/mol. The maximum Gasteiger partial charge on any atom is 0.335 e. The second kappa shape index (κ2) is 6.13. The Hall–Kier alpha value is -2.59. The first kappa shape index (κ1) is 16.3. The fraction of sp³-hybridized carbons (Fsp3) is 0.158. The second-order valence-corrected chi connectivity index (χ2v) is 6.15. The maximum atomic E-state index is 12.2. The van der Waals surface area contributed by atoms with Gasteiger partial charge in [-0.3, -0.25) is 4.79 Å². The summed E-state index contributed by atoms with van der Waals surface area (Å²) >= 11 is 6.25. The molecule has 1 aromatic heterocycles. The normalized spacial score (nSPS) is 11.0. The molecule has 0 spiro atoms. The third-order valence-corrected chi connectivity index (χ3v) is 4.55. The number of rotatable bonds is 4. The van der Waals surface area contributed by atoms with E-state index in [4.69, 9.17) is 11.6 Å². The number of aromatic nitrogens is 1. The Balaban J connectivity index is 2.28. The van der Waals surface area contributed by atoms with Crippen molar-refractivity contribution in [3.05, 3.63) is 69.9 Å². The van der Waals surface area contributed by atoms with Crippen molar-refractivity contribution in [1.82, 2.24) is 4.57 Å². The number of aryl methyl sites for hydroxylation is 1. The van der Waals surface area contributed by atoms with Crippen LogP contribution < -0.4 is 0 Å². The van der Waals surface area contributed by atoms with Gasteiger partial charge in [-0.1, -0.05) is 35.9 Å². The van der Waals surface area contributed by atoms with E-state index in [1.165, 1.54) is 6.92 Å². The molecule has 0 radical (unpaired) electrons. The lowest BCUT2D eigenvalue weighted by Crippen LogP contribution is -2.09. The number of Topliss-reactive ketones (excluding diaryl/α,β-unsaturated/α-hetero) is 1. The van der Waals surface area contributed by atoms with Crippen LogP contribution in [0.2, 0.25) is 5.02 Å². The number of hydrogen-bond donors (Lipinski definition) is 1. The van der Waals surface area contributed by atoms with Crippen LogP contribution in [0.3, 0.4) is 0 Å². The molecule has 0 unspecified atom stereocenters. The minimum Gasteiger partial charge on any atom is -0.478 e. The van der Waals surface area contributed by atoms with E-state index >= 15 is 0 Å². The van der Waals surface area contributed by atoms with Crippen LogP contribution in [0.4, 0.5) is 0 Å². The molecule has 1 N–H and O–H groups in total. The molecule has 1 heterocycles. The second-order valence-electron chi connectivity index (χ2n) is 5.74. The van der Waals surface area contributed by atoms with Crippen LogP contribution in [0.5, 0.6) is 0 Å². The van der Waals surface area contributed by atoms with E-state index in [9.17, 15) is 14.7 Å². The van der Waals surface area contributed by atoms with Gasteiger partial charge in [0, 0.05) is 23.9 Å². The van der Waals surface area contributed by atoms with Gasteiger partial charge < -0.3 is 9.67 Å². The van der Waals surface area contributed by atoms with Crippen molar-refractivity contribution in [2.75, 3.05) is 0 Å². The summed E-state index contributed by atoms with van der Waals surface area (Å²) in [6.07, 6.45) is 0. The number of carboxylic acids is 1. The van der Waals surface area contributed by atoms with E-state index in [1.807, 2.05) is 29.7 Å². The maximum absolute atomic E-state index is 12.2. The summed E-state index contributed by atoms with van der Waals surface area (Å²) in [6.45, 7) is 3.80. The number of carboxylic acid groups (broad SMARTS) is 1. The molecule has 5 heteroatoms. The molecule has 3 rings (SSSR count). The molecule has 4 nitrogen and oxygen atoms in total. The van der Waals surface area contributed by atoms with Crippen LogP contribution in [0.25, 0.3) is 10.9 Å². The minimum absolute atomic E-state index is 0.0624. The highest BCUT2D eigenvalue weighted by Gasteiger charge is 2.19. The number of fused-ring (bicyclic) bond motifs is 1. The van der Waals surface area contributed by atoms with Crippen molar-refractivity contribution in [1.29, 1.82) is 0 Å². The molecule has 0 bridgehead atoms. The van der Waals surface area contributed by atoms with Gasteiger partial charge >= 0.3 is 5.97 Å². The summed E-state index contributed by atoms with van der Waals surface area (Å²) in [7, 11) is 0. The zero-order valence-corrected chi connectivity index (χ0v) is 14.1. The summed E-state index contributed by atoms with van der Waals surface area (Å²) < 4.78 is 1.85. The van der Waals surface area contributed by atoms with Gasteiger partial charge in [-0.2, -0.15) is 0 Å². The van der Waals surface area contributed by atoms with Crippen LogP contribution in [0.1, 0.15) is 38.9 Å². The summed E-state index contributed by atoms with van der Waals surface area (Å²) in [6, 6.07) is 12.3. The number of aromatic carboxylic acids is 1. The van der Waals surface area contributed by atoms with E-state index in [0.717, 1.165) is 22.0 Å². The quantitative estimate of drug-likeness (QED) is 0.708. The Bertz CT molecular complexity index is 972. The molecule has 0 aliphatic rings. The average Bonchev–Trinajstić information content (AvgIpc) is 2.81. The topological polar surface area (TPSA) is 59.3 Å². The molecular weight excluding hydrogens is 326 g/mol. The smallest absolute Gasteiger partial charge is 0.335 e. The van der Waals surface area contributed by atoms with Crippen molar-refractivity contribution < 1.29 is 14.7 Å². The monoisotopic (exact) mass is 341 g/mol. The highest BCUT2D eigenvalue weighted by molar-refractivity contribution is 6.31. The summed E-state index contributed by atoms with van der Waals surface area (Å²) in [5, 5.41) is 10.7. The molecule has 0 saturated carbocycles. The summed E-state index contributed by atoms with van der Waals surface area (Å²) in [5.74, 6) is -1.06. The molecule has 0 aliphatic carbocycles. The van der Waals surface area contributed by atoms with Crippen LogP contribution in [0.15, 0.2) is 42.5 Å². The highest BCUT2D eigenvalue weighted by Crippen LogP contribution is 2.29. The van der Waals surface area contributed by atoms with E-state index < -0.39 is 5.97 Å². The van der Waals surface area contributed by atoms with Crippen LogP contribution >= 0.6 is 11.6 Å². The number of hydrogen-bond acceptors (Lipinski definition) is 2. The lowest BCUT2D eigenvalue weighted by molar-refractivity contribution is 0.0697. The Morgan fingerprint density at radius 1 is 1.17 bits per heavy atom. The number of ketones is 1. The highest BCUT2D eigenvalue weighted by atomic mass is 35.5. The standard InChI is InChI=1S/C19H16ClNO3/c1-11-15-8-7-13(19(23)24)9-17(15)21(18(11)12(2)22)10-14-5-3-4-6-16(14)20/h3-9H,10H2,1-2H3,(H,23,24). The van der Waals surface area contributed by atoms with Crippen molar-refractivity contribution in [2.24, 2.45) is 0 Å². The molecular formula is C19H16ClNO3. The van der Waals surface area contributed by atoms with Crippen LogP contribution in [-0.4, -0.2) is 21.4 Å². The molecule has 0 aliphatic heterocycles. The molecule has 2 aromatic carbocycles. The van der Waals surface area contributed by atoms with Gasteiger partial charge in [0.15, 0.2) is 5.78 Å². The molecule has 0 saturated heterocycles. The van der Waals surface area contributed by atoms with Gasteiger partial charge in [0.05, 0.1) is 16.8 Å². The van der Waals surface area contributed by atoms with Gasteiger partial charge in [0.2, 0.25) is 0 Å². The first-order chi connectivity index (χ1) is 11.4. The fourth-order valence-corrected chi connectivity index (χ4v) is 3.27. The molecule has 0 fully saturated rings. The molecule has 24 heavy (non-hydrogen) atoms. The number of carbonyl (C=O) groups excluding carboxylic acids is 1. The van der Waals surface area contributed by atoms with E-state index in [1.54, 1.807) is 24.3 Å². The number of nitrogens with zero attached hydrogens (tertiary/aromatic N) is 1. The van der Waals surface area contributed by atoms with Crippen molar-refractivity contribution >= 4 is 34.3 Å². The largest absolute Gasteiger partial charge is 0.478 e. The fourth-order valence-electron chi connectivity index (χ4n) is 3.07. The van der Waals surface area contributed by atoms with Crippen LogP contribution in [0, 0.1) is 6.92 Å². The van der Waals surface area contributed by atoms with E-state index in [2.05, 4.69) is 0 Å². The molecule has 0 atom stereocenters. The zero-order chi connectivity index (χ0) is 17.4. The number of halogens is 1. The van der Waals surface area contributed by atoms with Gasteiger partial charge in [0.1, 0.15) is 0 Å². The molecule has 122 valence electrons. The Kier molecular flexibility index (Phi) is 4.16. The molecule has 3 aromatic rings. The van der Waals surface area contributed by atoms with Crippen molar-refractivity contribution in [3.8, 4) is 0 Å². The SMILES string of the molecule is CC(=O)c1c(C)c2ccc(C(=O)O)cc2n1Cc1ccccc1Cl. The van der Waals surface area contributed by atoms with Gasteiger partial charge in [-0.05, 0) is 36.2 Å². The van der Waals surface area contributed by atoms with Crippen LogP contribution in [-0.2, 0) is 6.54 Å². The summed E-state index contributed by atoms with van der Waals surface area (Å²) in [4.78, 5) is 23.5. The minimum atomic E-state index is -0.996. The van der Waals surface area contributed by atoms with Crippen molar-refractivity contribution in [2.45, 2.75) is 20.4 Å². The Morgan fingerprint density at radius 2 is 1.88 bits per heavy atom. The van der Waals surface area contributed by atoms with Gasteiger partial charge in [-0.15, -0.1) is 0 Å². The average molecular weight is 342 g/mol. The lowest BCUT2D eigenvalue weighted by Gasteiger charge is -2.11. The van der Waals surface area contributed by atoms with Gasteiger partial charge in [-0.25, -0.2) is 4.79 Å². The van der Waals surface area contributed by atoms with E-state index in [-0.39, 0.29) is 11.3 Å². The molecule has 0 amide bonds. The lowest BCUT2D eigenvalue weighted by atomic mass is 10.1. The van der Waals surface area contributed by atoms with Gasteiger partial charge in [0.25, 0.3) is 0 Å².